The predicted molar refractivity (Wildman–Crippen MR) is 94.5 cm³/mol. The van der Waals surface area contributed by atoms with Crippen molar-refractivity contribution in [1.82, 2.24) is 9.80 Å². The lowest BCUT2D eigenvalue weighted by molar-refractivity contribution is -0.155. The minimum absolute atomic E-state index is 0.0985. The number of hydrogen-bond donors (Lipinski definition) is 0. The first-order valence-corrected chi connectivity index (χ1v) is 9.27. The number of amides is 2. The van der Waals surface area contributed by atoms with E-state index in [0.29, 0.717) is 12.5 Å². The first-order chi connectivity index (χ1) is 11.6. The van der Waals surface area contributed by atoms with Crippen LogP contribution in [0.3, 0.4) is 0 Å². The molecule has 24 heavy (non-hydrogen) atoms. The van der Waals surface area contributed by atoms with E-state index in [1.165, 1.54) is 37.7 Å². The molecule has 1 saturated heterocycles. The first kappa shape index (κ1) is 17.0. The maximum atomic E-state index is 12.7. The molecular formula is C20H28N2O2. The van der Waals surface area contributed by atoms with Gasteiger partial charge in [-0.2, -0.15) is 0 Å². The molecule has 0 radical (unpaired) electrons. The average molecular weight is 328 g/mol. The van der Waals surface area contributed by atoms with Crippen molar-refractivity contribution in [2.24, 2.45) is 5.92 Å². The minimum atomic E-state index is -0.316. The van der Waals surface area contributed by atoms with Crippen LogP contribution in [0.5, 0.6) is 0 Å². The maximum Gasteiger partial charge on any atom is 0.245 e. The highest BCUT2D eigenvalue weighted by Gasteiger charge is 2.37. The molecule has 1 aliphatic carbocycles. The van der Waals surface area contributed by atoms with E-state index < -0.39 is 0 Å². The monoisotopic (exact) mass is 328 g/mol. The van der Waals surface area contributed by atoms with E-state index in [1.54, 1.807) is 4.90 Å². The van der Waals surface area contributed by atoms with Crippen LogP contribution in [-0.4, -0.2) is 47.3 Å². The fourth-order valence-corrected chi connectivity index (χ4v) is 3.95. The van der Waals surface area contributed by atoms with Crippen LogP contribution in [0, 0.1) is 5.92 Å². The number of rotatable bonds is 5. The molecule has 1 heterocycles. The van der Waals surface area contributed by atoms with Gasteiger partial charge in [0.15, 0.2) is 0 Å². The molecule has 2 amide bonds. The molecule has 1 atom stereocenters. The number of piperazine rings is 1. The van der Waals surface area contributed by atoms with Gasteiger partial charge >= 0.3 is 0 Å². The van der Waals surface area contributed by atoms with Gasteiger partial charge in [-0.25, -0.2) is 0 Å². The van der Waals surface area contributed by atoms with E-state index >= 15 is 0 Å². The normalized spacial score (nSPS) is 23.0. The maximum absolute atomic E-state index is 12.7. The van der Waals surface area contributed by atoms with Crippen molar-refractivity contribution in [3.63, 3.8) is 0 Å². The lowest BCUT2D eigenvalue weighted by Crippen LogP contribution is -2.60. The van der Waals surface area contributed by atoms with Gasteiger partial charge in [0.2, 0.25) is 11.8 Å². The van der Waals surface area contributed by atoms with Crippen molar-refractivity contribution in [2.75, 3.05) is 19.6 Å². The molecule has 2 aliphatic rings. The third-order valence-electron chi connectivity index (χ3n) is 5.48. The smallest absolute Gasteiger partial charge is 0.245 e. The van der Waals surface area contributed by atoms with Crippen LogP contribution in [0.15, 0.2) is 30.3 Å². The molecule has 4 nitrogen and oxygen atoms in total. The Kier molecular flexibility index (Phi) is 5.54. The van der Waals surface area contributed by atoms with Gasteiger partial charge in [0, 0.05) is 13.1 Å². The van der Waals surface area contributed by atoms with Crippen LogP contribution in [0.25, 0.3) is 0 Å². The van der Waals surface area contributed by atoms with Crippen LogP contribution < -0.4 is 0 Å². The number of carbonyl (C=O) groups excluding carboxylic acids is 2. The topological polar surface area (TPSA) is 40.6 Å². The Morgan fingerprint density at radius 1 is 1.04 bits per heavy atom. The number of nitrogens with zero attached hydrogens (tertiary/aromatic N) is 2. The summed E-state index contributed by atoms with van der Waals surface area (Å²) in [5, 5.41) is 0. The molecule has 4 heteroatoms. The second-order valence-electron chi connectivity index (χ2n) is 7.22. The van der Waals surface area contributed by atoms with Gasteiger partial charge in [0.25, 0.3) is 0 Å². The zero-order chi connectivity index (χ0) is 16.9. The molecule has 1 aliphatic heterocycles. The van der Waals surface area contributed by atoms with E-state index in [9.17, 15) is 9.59 Å². The lowest BCUT2D eigenvalue weighted by Gasteiger charge is -2.41. The molecule has 1 saturated carbocycles. The summed E-state index contributed by atoms with van der Waals surface area (Å²) in [6, 6.07) is 9.82. The molecule has 2 fully saturated rings. The Morgan fingerprint density at radius 2 is 1.75 bits per heavy atom. The highest BCUT2D eigenvalue weighted by molar-refractivity contribution is 5.94. The van der Waals surface area contributed by atoms with Crippen molar-refractivity contribution in [2.45, 2.75) is 51.5 Å². The van der Waals surface area contributed by atoms with E-state index in [2.05, 4.69) is 12.1 Å². The van der Waals surface area contributed by atoms with Crippen molar-refractivity contribution < 1.29 is 9.59 Å². The standard InChI is InChI=1S/C20H28N2O2/c1-16-20(24)21(13-12-17-8-4-2-5-9-17)15-19(23)22(16)14-18-10-6-3-7-11-18/h2,4-5,8-9,16,18H,3,6-7,10-15H2,1H3/t16-/m0/s1. The van der Waals surface area contributed by atoms with E-state index in [0.717, 1.165) is 13.0 Å². The minimum Gasteiger partial charge on any atom is -0.331 e. The molecule has 130 valence electrons. The quantitative estimate of drug-likeness (QED) is 0.834. The van der Waals surface area contributed by atoms with Crippen LogP contribution in [-0.2, 0) is 16.0 Å². The summed E-state index contributed by atoms with van der Waals surface area (Å²) in [7, 11) is 0. The molecule has 1 aromatic rings. The van der Waals surface area contributed by atoms with Crippen molar-refractivity contribution in [3.05, 3.63) is 35.9 Å². The van der Waals surface area contributed by atoms with Crippen molar-refractivity contribution >= 4 is 11.8 Å². The van der Waals surface area contributed by atoms with Gasteiger partial charge in [-0.05, 0) is 37.7 Å². The third-order valence-corrected chi connectivity index (χ3v) is 5.48. The van der Waals surface area contributed by atoms with Gasteiger partial charge < -0.3 is 9.80 Å². The van der Waals surface area contributed by atoms with E-state index in [1.807, 2.05) is 30.0 Å². The summed E-state index contributed by atoms with van der Waals surface area (Å²) >= 11 is 0. The largest absolute Gasteiger partial charge is 0.331 e. The highest BCUT2D eigenvalue weighted by atomic mass is 16.2. The predicted octanol–water partition coefficient (Wildman–Crippen LogP) is 2.87. The zero-order valence-electron chi connectivity index (χ0n) is 14.6. The molecule has 0 unspecified atom stereocenters. The van der Waals surface area contributed by atoms with E-state index in [4.69, 9.17) is 0 Å². The summed E-state index contributed by atoms with van der Waals surface area (Å²) < 4.78 is 0. The molecule has 3 rings (SSSR count). The molecular weight excluding hydrogens is 300 g/mol. The number of carbonyl (C=O) groups is 2. The zero-order valence-corrected chi connectivity index (χ0v) is 14.6. The Labute approximate surface area is 144 Å². The summed E-state index contributed by atoms with van der Waals surface area (Å²) in [5.41, 5.74) is 1.20. The van der Waals surface area contributed by atoms with Crippen molar-refractivity contribution in [3.8, 4) is 0 Å². The second-order valence-corrected chi connectivity index (χ2v) is 7.22. The highest BCUT2D eigenvalue weighted by Crippen LogP contribution is 2.26. The first-order valence-electron chi connectivity index (χ1n) is 9.27. The van der Waals surface area contributed by atoms with Gasteiger partial charge in [0.05, 0.1) is 6.54 Å². The SMILES string of the molecule is C[C@H]1C(=O)N(CCc2ccccc2)CC(=O)N1CC1CCCCC1. The molecule has 0 spiro atoms. The fraction of sp³-hybridized carbons (Fsp3) is 0.600. The van der Waals surface area contributed by atoms with Gasteiger partial charge in [-0.15, -0.1) is 0 Å². The van der Waals surface area contributed by atoms with Crippen LogP contribution >= 0.6 is 0 Å². The average Bonchev–Trinajstić information content (AvgIpc) is 2.62. The second kappa shape index (κ2) is 7.82. The molecule has 0 aromatic heterocycles. The number of hydrogen-bond acceptors (Lipinski definition) is 2. The molecule has 0 bridgehead atoms. The van der Waals surface area contributed by atoms with Crippen LogP contribution in [0.4, 0.5) is 0 Å². The Bertz CT molecular complexity index is 566. The molecule has 0 N–H and O–H groups in total. The lowest BCUT2D eigenvalue weighted by atomic mass is 9.88. The van der Waals surface area contributed by atoms with Crippen molar-refractivity contribution in [1.29, 1.82) is 0 Å². The Balaban J connectivity index is 1.57. The summed E-state index contributed by atoms with van der Waals surface area (Å²) in [6.07, 6.45) is 7.03. The van der Waals surface area contributed by atoms with Crippen LogP contribution in [0.1, 0.15) is 44.6 Å². The van der Waals surface area contributed by atoms with Crippen LogP contribution in [0.2, 0.25) is 0 Å². The van der Waals surface area contributed by atoms with Gasteiger partial charge in [0.1, 0.15) is 6.04 Å². The van der Waals surface area contributed by atoms with Gasteiger partial charge in [-0.3, -0.25) is 9.59 Å². The Morgan fingerprint density at radius 3 is 2.46 bits per heavy atom. The fourth-order valence-electron chi connectivity index (χ4n) is 3.95. The Hall–Kier alpha value is -1.84. The summed E-state index contributed by atoms with van der Waals surface area (Å²) in [4.78, 5) is 28.8. The van der Waals surface area contributed by atoms with Gasteiger partial charge in [-0.1, -0.05) is 49.6 Å². The molecule has 1 aromatic carbocycles. The summed E-state index contributed by atoms with van der Waals surface area (Å²) in [5.74, 6) is 0.788. The number of benzene rings is 1. The summed E-state index contributed by atoms with van der Waals surface area (Å²) in [6.45, 7) is 3.51. The third kappa shape index (κ3) is 3.97. The van der Waals surface area contributed by atoms with E-state index in [-0.39, 0.29) is 24.4 Å².